The van der Waals surface area contributed by atoms with Crippen LogP contribution < -0.4 is 10.5 Å². The van der Waals surface area contributed by atoms with Crippen molar-refractivity contribution >= 4 is 38.9 Å². The molecule has 1 atom stereocenters. The number of halogens is 2. The van der Waals surface area contributed by atoms with Crippen LogP contribution in [0.15, 0.2) is 34.8 Å². The molecule has 0 radical (unpaired) electrons. The minimum absolute atomic E-state index is 0.128. The number of nitrogens with two attached hydrogens (primary N) is 1. The highest BCUT2D eigenvalue weighted by molar-refractivity contribution is 9.10. The molecule has 1 aromatic carbocycles. The minimum Gasteiger partial charge on any atom is -0.496 e. The Morgan fingerprint density at radius 2 is 2.14 bits per heavy atom. The Bertz CT molecular complexity index is 586. The second kappa shape index (κ2) is 7.61. The summed E-state index contributed by atoms with van der Waals surface area (Å²) in [5.41, 5.74) is 7.11. The highest BCUT2D eigenvalue weighted by Gasteiger charge is 2.20. The van der Waals surface area contributed by atoms with Crippen LogP contribution in [0.2, 0.25) is 4.34 Å². The summed E-state index contributed by atoms with van der Waals surface area (Å²) in [6, 6.07) is 10.2. The van der Waals surface area contributed by atoms with E-state index >= 15 is 0 Å². The SMILES string of the molecule is COc1ccccc1CN(C)C(CN)c1cc(Br)c(Cl)s1. The van der Waals surface area contributed by atoms with Gasteiger partial charge in [-0.3, -0.25) is 4.90 Å². The van der Waals surface area contributed by atoms with Gasteiger partial charge < -0.3 is 10.5 Å². The molecular weight excluding hydrogens is 372 g/mol. The Labute approximate surface area is 142 Å². The molecule has 0 aliphatic heterocycles. The van der Waals surface area contributed by atoms with Gasteiger partial charge in [-0.2, -0.15) is 0 Å². The van der Waals surface area contributed by atoms with Gasteiger partial charge >= 0.3 is 0 Å². The van der Waals surface area contributed by atoms with Gasteiger partial charge in [-0.15, -0.1) is 11.3 Å². The number of hydrogen-bond acceptors (Lipinski definition) is 4. The summed E-state index contributed by atoms with van der Waals surface area (Å²) in [4.78, 5) is 3.37. The van der Waals surface area contributed by atoms with Crippen LogP contribution in [0.1, 0.15) is 16.5 Å². The maximum atomic E-state index is 6.14. The van der Waals surface area contributed by atoms with Crippen molar-refractivity contribution in [1.29, 1.82) is 0 Å². The van der Waals surface area contributed by atoms with Gasteiger partial charge in [-0.25, -0.2) is 0 Å². The number of methoxy groups -OCH3 is 1. The maximum Gasteiger partial charge on any atom is 0.123 e. The molecule has 2 aromatic rings. The molecule has 0 bridgehead atoms. The number of para-hydroxylation sites is 1. The summed E-state index contributed by atoms with van der Waals surface area (Å²) >= 11 is 11.1. The molecule has 6 heteroatoms. The van der Waals surface area contributed by atoms with Gasteiger partial charge in [-0.05, 0) is 35.1 Å². The Kier molecular flexibility index (Phi) is 6.08. The highest BCUT2D eigenvalue weighted by Crippen LogP contribution is 2.37. The van der Waals surface area contributed by atoms with Crippen LogP contribution in [-0.2, 0) is 6.54 Å². The lowest BCUT2D eigenvalue weighted by Gasteiger charge is -2.26. The Balaban J connectivity index is 2.18. The van der Waals surface area contributed by atoms with Crippen molar-refractivity contribution in [2.24, 2.45) is 5.73 Å². The molecular formula is C15H18BrClN2OS. The number of likely N-dealkylation sites (N-methyl/N-ethyl adjacent to an activating group) is 1. The van der Waals surface area contributed by atoms with Gasteiger partial charge in [0.15, 0.2) is 0 Å². The van der Waals surface area contributed by atoms with Gasteiger partial charge in [0.1, 0.15) is 10.1 Å². The molecule has 1 aromatic heterocycles. The van der Waals surface area contributed by atoms with Gasteiger partial charge in [-0.1, -0.05) is 29.8 Å². The van der Waals surface area contributed by atoms with Crippen LogP contribution in [0.4, 0.5) is 0 Å². The van der Waals surface area contributed by atoms with Crippen LogP contribution in [-0.4, -0.2) is 25.6 Å². The predicted molar refractivity (Wildman–Crippen MR) is 93.3 cm³/mol. The summed E-state index contributed by atoms with van der Waals surface area (Å²) in [7, 11) is 3.75. The lowest BCUT2D eigenvalue weighted by molar-refractivity contribution is 0.241. The molecule has 2 rings (SSSR count). The largest absolute Gasteiger partial charge is 0.496 e. The first-order valence-electron chi connectivity index (χ1n) is 6.53. The number of hydrogen-bond donors (Lipinski definition) is 1. The maximum absolute atomic E-state index is 6.14. The van der Waals surface area contributed by atoms with Gasteiger partial charge in [0.05, 0.1) is 13.2 Å². The molecule has 0 fully saturated rings. The van der Waals surface area contributed by atoms with Crippen molar-refractivity contribution in [2.45, 2.75) is 12.6 Å². The first-order valence-corrected chi connectivity index (χ1v) is 8.52. The Morgan fingerprint density at radius 3 is 2.71 bits per heavy atom. The molecule has 0 aliphatic rings. The molecule has 114 valence electrons. The molecule has 2 N–H and O–H groups in total. The molecule has 0 amide bonds. The van der Waals surface area contributed by atoms with E-state index < -0.39 is 0 Å². The van der Waals surface area contributed by atoms with E-state index in [1.165, 1.54) is 0 Å². The lowest BCUT2D eigenvalue weighted by atomic mass is 10.1. The van der Waals surface area contributed by atoms with E-state index in [1.54, 1.807) is 18.4 Å². The monoisotopic (exact) mass is 388 g/mol. The van der Waals surface area contributed by atoms with Crippen LogP contribution >= 0.6 is 38.9 Å². The third-order valence-corrected chi connectivity index (χ3v) is 5.94. The molecule has 1 heterocycles. The van der Waals surface area contributed by atoms with E-state index in [2.05, 4.69) is 33.9 Å². The van der Waals surface area contributed by atoms with E-state index in [1.807, 2.05) is 24.3 Å². The average molecular weight is 390 g/mol. The smallest absolute Gasteiger partial charge is 0.123 e. The number of nitrogens with zero attached hydrogens (tertiary/aromatic N) is 1. The van der Waals surface area contributed by atoms with Crippen molar-refractivity contribution in [3.63, 3.8) is 0 Å². The number of benzene rings is 1. The first-order chi connectivity index (χ1) is 10.1. The molecule has 3 nitrogen and oxygen atoms in total. The van der Waals surface area contributed by atoms with Crippen LogP contribution in [0.25, 0.3) is 0 Å². The van der Waals surface area contributed by atoms with Gasteiger partial charge in [0.2, 0.25) is 0 Å². The normalized spacial score (nSPS) is 12.7. The molecule has 21 heavy (non-hydrogen) atoms. The van der Waals surface area contributed by atoms with Crippen LogP contribution in [0.5, 0.6) is 5.75 Å². The third kappa shape index (κ3) is 3.99. The standard InChI is InChI=1S/C15H18BrClN2OS/c1-19(9-10-5-3-4-6-13(10)20-2)12(8-18)14-7-11(16)15(17)21-14/h3-7,12H,8-9,18H2,1-2H3. The second-order valence-corrected chi connectivity index (χ2v) is 7.29. The zero-order valence-corrected chi connectivity index (χ0v) is 15.1. The summed E-state index contributed by atoms with van der Waals surface area (Å²) in [5, 5.41) is 0. The molecule has 0 saturated carbocycles. The van der Waals surface area contributed by atoms with Crippen LogP contribution in [0.3, 0.4) is 0 Å². The molecule has 0 spiro atoms. The topological polar surface area (TPSA) is 38.5 Å². The van der Waals surface area contributed by atoms with E-state index in [4.69, 9.17) is 22.1 Å². The van der Waals surface area contributed by atoms with Crippen LogP contribution in [0, 0.1) is 0 Å². The number of rotatable bonds is 6. The highest BCUT2D eigenvalue weighted by atomic mass is 79.9. The van der Waals surface area contributed by atoms with Gasteiger partial charge in [0, 0.05) is 28.0 Å². The predicted octanol–water partition coefficient (Wildman–Crippen LogP) is 4.30. The van der Waals surface area contributed by atoms with E-state index in [9.17, 15) is 0 Å². The van der Waals surface area contributed by atoms with Crippen molar-refractivity contribution in [2.75, 3.05) is 20.7 Å². The fourth-order valence-corrected chi connectivity index (χ4v) is 4.17. The quantitative estimate of drug-likeness (QED) is 0.800. The summed E-state index contributed by atoms with van der Waals surface area (Å²) in [6.07, 6.45) is 0. The second-order valence-electron chi connectivity index (χ2n) is 4.75. The average Bonchev–Trinajstić information content (AvgIpc) is 2.79. The fourth-order valence-electron chi connectivity index (χ4n) is 2.25. The molecule has 0 saturated heterocycles. The zero-order chi connectivity index (χ0) is 15.4. The van der Waals surface area contributed by atoms with Crippen molar-refractivity contribution in [1.82, 2.24) is 4.90 Å². The minimum atomic E-state index is 0.128. The first kappa shape index (κ1) is 16.8. The van der Waals surface area contributed by atoms with Gasteiger partial charge in [0.25, 0.3) is 0 Å². The summed E-state index contributed by atoms with van der Waals surface area (Å²) in [5.74, 6) is 0.894. The summed E-state index contributed by atoms with van der Waals surface area (Å²) < 4.78 is 7.09. The van der Waals surface area contributed by atoms with Crippen molar-refractivity contribution < 1.29 is 4.74 Å². The van der Waals surface area contributed by atoms with E-state index in [0.717, 1.165) is 31.5 Å². The van der Waals surface area contributed by atoms with E-state index in [-0.39, 0.29) is 6.04 Å². The zero-order valence-electron chi connectivity index (χ0n) is 12.0. The lowest BCUT2D eigenvalue weighted by Crippen LogP contribution is -2.29. The number of thiophene rings is 1. The Hall–Kier alpha value is -0.590. The number of ether oxygens (including phenoxy) is 1. The van der Waals surface area contributed by atoms with E-state index in [0.29, 0.717) is 6.54 Å². The Morgan fingerprint density at radius 1 is 1.43 bits per heavy atom. The van der Waals surface area contributed by atoms with Crippen molar-refractivity contribution in [3.05, 3.63) is 49.6 Å². The summed E-state index contributed by atoms with van der Waals surface area (Å²) in [6.45, 7) is 1.30. The molecule has 1 unspecified atom stereocenters. The third-order valence-electron chi connectivity index (χ3n) is 3.36. The fraction of sp³-hybridized carbons (Fsp3) is 0.333. The molecule has 0 aliphatic carbocycles. The van der Waals surface area contributed by atoms with Crippen molar-refractivity contribution in [3.8, 4) is 5.75 Å².